The molecular formula is C26H23N5O2S. The third kappa shape index (κ3) is 4.45. The first kappa shape index (κ1) is 21.9. The Hall–Kier alpha value is -3.91. The molecule has 0 spiro atoms. The van der Waals surface area contributed by atoms with Gasteiger partial charge in [-0.1, -0.05) is 59.8 Å². The fourth-order valence-electron chi connectivity index (χ4n) is 3.53. The van der Waals surface area contributed by atoms with Gasteiger partial charge in [-0.15, -0.1) is 20.4 Å². The third-order valence-corrected chi connectivity index (χ3v) is 6.38. The molecule has 0 aliphatic heterocycles. The summed E-state index contributed by atoms with van der Waals surface area (Å²) in [6, 6.07) is 25.9. The normalized spacial score (nSPS) is 12.0. The lowest BCUT2D eigenvalue weighted by molar-refractivity contribution is 0.415. The number of aryl methyl sites for hydroxylation is 1. The Bertz CT molecular complexity index is 1400. The SMILES string of the molecule is COc1cccc(-c2nnc(SC(C)c3nnc(-c4ccc(C)cc4)o3)n2-c2ccccc2)c1. The Morgan fingerprint density at radius 3 is 2.41 bits per heavy atom. The summed E-state index contributed by atoms with van der Waals surface area (Å²) >= 11 is 1.52. The van der Waals surface area contributed by atoms with Gasteiger partial charge in [0.15, 0.2) is 11.0 Å². The second-order valence-electron chi connectivity index (χ2n) is 7.78. The van der Waals surface area contributed by atoms with Crippen LogP contribution in [0.2, 0.25) is 0 Å². The van der Waals surface area contributed by atoms with E-state index in [0.717, 1.165) is 33.5 Å². The molecule has 5 rings (SSSR count). The standard InChI is InChI=1S/C26H23N5O2S/c1-17-12-14-19(15-13-17)25-29-28-24(33-25)18(2)34-26-30-27-23(20-8-7-11-22(16-20)32-3)31(26)21-9-5-4-6-10-21/h4-16,18H,1-3H3. The molecule has 8 heteroatoms. The molecule has 0 N–H and O–H groups in total. The molecule has 2 heterocycles. The van der Waals surface area contributed by atoms with Crippen LogP contribution in [0.1, 0.15) is 23.6 Å². The van der Waals surface area contributed by atoms with E-state index >= 15 is 0 Å². The van der Waals surface area contributed by atoms with Crippen LogP contribution in [0.15, 0.2) is 88.4 Å². The first-order chi connectivity index (χ1) is 16.6. The smallest absolute Gasteiger partial charge is 0.247 e. The lowest BCUT2D eigenvalue weighted by Gasteiger charge is -2.12. The molecular weight excluding hydrogens is 446 g/mol. The van der Waals surface area contributed by atoms with Crippen LogP contribution >= 0.6 is 11.8 Å². The summed E-state index contributed by atoms with van der Waals surface area (Å²) in [7, 11) is 1.65. The zero-order valence-corrected chi connectivity index (χ0v) is 19.9. The van der Waals surface area contributed by atoms with Crippen molar-refractivity contribution in [1.29, 1.82) is 0 Å². The van der Waals surface area contributed by atoms with Crippen LogP contribution in [0.3, 0.4) is 0 Å². The molecule has 0 saturated heterocycles. The minimum absolute atomic E-state index is 0.128. The molecule has 0 bridgehead atoms. The highest BCUT2D eigenvalue weighted by Gasteiger charge is 2.22. The third-order valence-electron chi connectivity index (χ3n) is 5.34. The molecule has 1 unspecified atom stereocenters. The topological polar surface area (TPSA) is 78.9 Å². The number of nitrogens with zero attached hydrogens (tertiary/aromatic N) is 5. The Kier molecular flexibility index (Phi) is 6.14. The van der Waals surface area contributed by atoms with Crippen LogP contribution < -0.4 is 4.74 Å². The first-order valence-corrected chi connectivity index (χ1v) is 11.7. The predicted molar refractivity (Wildman–Crippen MR) is 132 cm³/mol. The quantitative estimate of drug-likeness (QED) is 0.264. The number of para-hydroxylation sites is 1. The van der Waals surface area contributed by atoms with E-state index in [0.29, 0.717) is 11.8 Å². The van der Waals surface area contributed by atoms with E-state index in [1.165, 1.54) is 17.3 Å². The fraction of sp³-hybridized carbons (Fsp3) is 0.154. The van der Waals surface area contributed by atoms with Gasteiger partial charge in [0.2, 0.25) is 11.8 Å². The van der Waals surface area contributed by atoms with Crippen LogP contribution in [0, 0.1) is 6.92 Å². The number of benzene rings is 3. The van der Waals surface area contributed by atoms with Crippen molar-refractivity contribution in [2.24, 2.45) is 0 Å². The van der Waals surface area contributed by atoms with E-state index < -0.39 is 0 Å². The second-order valence-corrected chi connectivity index (χ2v) is 9.09. The van der Waals surface area contributed by atoms with Crippen LogP contribution in [0.5, 0.6) is 5.75 Å². The minimum Gasteiger partial charge on any atom is -0.497 e. The van der Waals surface area contributed by atoms with Crippen molar-refractivity contribution < 1.29 is 9.15 Å². The highest BCUT2D eigenvalue weighted by molar-refractivity contribution is 7.99. The van der Waals surface area contributed by atoms with E-state index in [4.69, 9.17) is 9.15 Å². The number of hydrogen-bond acceptors (Lipinski definition) is 7. The maximum atomic E-state index is 5.99. The van der Waals surface area contributed by atoms with Gasteiger partial charge in [-0.25, -0.2) is 0 Å². The Morgan fingerprint density at radius 1 is 0.853 bits per heavy atom. The molecule has 2 aromatic heterocycles. The van der Waals surface area contributed by atoms with Gasteiger partial charge in [0, 0.05) is 16.8 Å². The summed E-state index contributed by atoms with van der Waals surface area (Å²) in [4.78, 5) is 0. The van der Waals surface area contributed by atoms with Gasteiger partial charge in [-0.2, -0.15) is 0 Å². The minimum atomic E-state index is -0.128. The van der Waals surface area contributed by atoms with Crippen molar-refractivity contribution in [1.82, 2.24) is 25.0 Å². The predicted octanol–water partition coefficient (Wildman–Crippen LogP) is 6.15. The van der Waals surface area contributed by atoms with Gasteiger partial charge in [0.1, 0.15) is 5.75 Å². The molecule has 0 radical (unpaired) electrons. The maximum Gasteiger partial charge on any atom is 0.247 e. The van der Waals surface area contributed by atoms with E-state index in [9.17, 15) is 0 Å². The number of thioether (sulfide) groups is 1. The molecule has 5 aromatic rings. The average Bonchev–Trinajstić information content (AvgIpc) is 3.53. The molecule has 0 fully saturated rings. The summed E-state index contributed by atoms with van der Waals surface area (Å²) in [5.74, 6) is 2.53. The summed E-state index contributed by atoms with van der Waals surface area (Å²) in [5.41, 5.74) is 3.95. The number of aromatic nitrogens is 5. The molecule has 34 heavy (non-hydrogen) atoms. The molecule has 1 atom stereocenters. The van der Waals surface area contributed by atoms with Gasteiger partial charge in [-0.05, 0) is 50.2 Å². The van der Waals surface area contributed by atoms with Gasteiger partial charge in [-0.3, -0.25) is 4.57 Å². The van der Waals surface area contributed by atoms with Gasteiger partial charge in [0.25, 0.3) is 0 Å². The Balaban J connectivity index is 1.48. The van der Waals surface area contributed by atoms with Crippen molar-refractivity contribution in [3.8, 4) is 34.3 Å². The lowest BCUT2D eigenvalue weighted by atomic mass is 10.1. The van der Waals surface area contributed by atoms with Crippen molar-refractivity contribution in [2.75, 3.05) is 7.11 Å². The van der Waals surface area contributed by atoms with Crippen LogP contribution in [-0.4, -0.2) is 32.1 Å². The van der Waals surface area contributed by atoms with E-state index in [1.54, 1.807) is 7.11 Å². The van der Waals surface area contributed by atoms with Crippen molar-refractivity contribution in [3.05, 3.63) is 90.3 Å². The zero-order valence-electron chi connectivity index (χ0n) is 19.0. The molecule has 7 nitrogen and oxygen atoms in total. The number of methoxy groups -OCH3 is 1. The Morgan fingerprint density at radius 2 is 1.65 bits per heavy atom. The molecule has 0 aliphatic rings. The highest BCUT2D eigenvalue weighted by Crippen LogP contribution is 2.37. The van der Waals surface area contributed by atoms with Crippen molar-refractivity contribution in [3.63, 3.8) is 0 Å². The van der Waals surface area contributed by atoms with Crippen LogP contribution in [-0.2, 0) is 0 Å². The highest BCUT2D eigenvalue weighted by atomic mass is 32.2. The summed E-state index contributed by atoms with van der Waals surface area (Å²) < 4.78 is 13.4. The Labute approximate surface area is 201 Å². The molecule has 3 aromatic carbocycles. The molecule has 0 aliphatic carbocycles. The van der Waals surface area contributed by atoms with Crippen molar-refractivity contribution in [2.45, 2.75) is 24.3 Å². The maximum absolute atomic E-state index is 5.99. The monoisotopic (exact) mass is 469 g/mol. The van der Waals surface area contributed by atoms with Gasteiger partial charge < -0.3 is 9.15 Å². The number of hydrogen-bond donors (Lipinski definition) is 0. The van der Waals surface area contributed by atoms with E-state index in [2.05, 4.69) is 20.4 Å². The average molecular weight is 470 g/mol. The number of rotatable bonds is 7. The number of ether oxygens (including phenoxy) is 1. The molecule has 170 valence electrons. The van der Waals surface area contributed by atoms with Gasteiger partial charge in [0.05, 0.1) is 12.4 Å². The molecule has 0 amide bonds. The largest absolute Gasteiger partial charge is 0.497 e. The van der Waals surface area contributed by atoms with Gasteiger partial charge >= 0.3 is 0 Å². The van der Waals surface area contributed by atoms with Crippen LogP contribution in [0.25, 0.3) is 28.5 Å². The zero-order chi connectivity index (χ0) is 23.5. The molecule has 0 saturated carbocycles. The van der Waals surface area contributed by atoms with E-state index in [1.807, 2.05) is 97.3 Å². The first-order valence-electron chi connectivity index (χ1n) is 10.8. The summed E-state index contributed by atoms with van der Waals surface area (Å²) in [6.45, 7) is 4.07. The summed E-state index contributed by atoms with van der Waals surface area (Å²) in [6.07, 6.45) is 0. The van der Waals surface area contributed by atoms with Crippen molar-refractivity contribution >= 4 is 11.8 Å². The van der Waals surface area contributed by atoms with E-state index in [-0.39, 0.29) is 5.25 Å². The second kappa shape index (κ2) is 9.52. The lowest BCUT2D eigenvalue weighted by Crippen LogP contribution is -2.01. The summed E-state index contributed by atoms with van der Waals surface area (Å²) in [5, 5.41) is 18.2. The fourth-order valence-corrected chi connectivity index (χ4v) is 4.42. The van der Waals surface area contributed by atoms with Crippen LogP contribution in [0.4, 0.5) is 0 Å².